The fraction of sp³-hybridized carbons (Fsp3) is 0.333. The first-order chi connectivity index (χ1) is 8.97. The Morgan fingerprint density at radius 2 is 2.11 bits per heavy atom. The summed E-state index contributed by atoms with van der Waals surface area (Å²) < 4.78 is 7.07. The van der Waals surface area contributed by atoms with Gasteiger partial charge in [-0.25, -0.2) is 0 Å². The molecule has 1 nitrogen and oxygen atoms in total. The number of hydrogen-bond acceptors (Lipinski definition) is 2. The van der Waals surface area contributed by atoms with E-state index >= 15 is 0 Å². The predicted octanol–water partition coefficient (Wildman–Crippen LogP) is 5.51. The maximum Gasteiger partial charge on any atom is 0.123 e. The second-order valence-corrected chi connectivity index (χ2v) is 9.20. The second kappa shape index (κ2) is 5.04. The minimum absolute atomic E-state index is 0.112. The van der Waals surface area contributed by atoms with Crippen LogP contribution in [-0.2, 0) is 5.41 Å². The third-order valence-corrected chi connectivity index (χ3v) is 6.36. The summed E-state index contributed by atoms with van der Waals surface area (Å²) in [5, 5.41) is 2.22. The fourth-order valence-electron chi connectivity index (χ4n) is 2.34. The van der Waals surface area contributed by atoms with Crippen molar-refractivity contribution in [1.29, 1.82) is 0 Å². The van der Waals surface area contributed by atoms with Crippen LogP contribution >= 0.6 is 49.9 Å². The third-order valence-electron chi connectivity index (χ3n) is 3.49. The Morgan fingerprint density at radius 1 is 1.32 bits per heavy atom. The van der Waals surface area contributed by atoms with E-state index in [1.807, 2.05) is 0 Å². The van der Waals surface area contributed by atoms with Crippen molar-refractivity contribution in [2.45, 2.75) is 24.1 Å². The van der Waals surface area contributed by atoms with Crippen LogP contribution in [0.3, 0.4) is 0 Å². The van der Waals surface area contributed by atoms with E-state index in [9.17, 15) is 0 Å². The molecule has 0 fully saturated rings. The van der Waals surface area contributed by atoms with Gasteiger partial charge in [-0.2, -0.15) is 0 Å². The summed E-state index contributed by atoms with van der Waals surface area (Å²) in [6, 6.07) is 8.78. The van der Waals surface area contributed by atoms with E-state index in [0.29, 0.717) is 0 Å². The van der Waals surface area contributed by atoms with Crippen LogP contribution in [0.5, 0.6) is 5.75 Å². The van der Waals surface area contributed by atoms with Gasteiger partial charge in [0.2, 0.25) is 0 Å². The van der Waals surface area contributed by atoms with E-state index < -0.39 is 0 Å². The lowest BCUT2D eigenvalue weighted by molar-refractivity contribution is 0.291. The smallest absolute Gasteiger partial charge is 0.123 e. The highest BCUT2D eigenvalue weighted by molar-refractivity contribution is 14.1. The summed E-state index contributed by atoms with van der Waals surface area (Å²) in [6.07, 6.45) is 0. The molecule has 100 valence electrons. The Kier molecular flexibility index (Phi) is 3.69. The summed E-state index contributed by atoms with van der Waals surface area (Å²) in [6.45, 7) is 5.24. The predicted molar refractivity (Wildman–Crippen MR) is 92.8 cm³/mol. The number of alkyl halides is 1. The summed E-state index contributed by atoms with van der Waals surface area (Å²) in [7, 11) is 0. The lowest BCUT2D eigenvalue weighted by atomic mass is 9.85. The molecule has 0 N–H and O–H groups in total. The molecule has 1 aromatic carbocycles. The van der Waals surface area contributed by atoms with Crippen LogP contribution < -0.4 is 4.74 Å². The van der Waals surface area contributed by atoms with Crippen LogP contribution in [0, 0.1) is 2.88 Å². The lowest BCUT2D eigenvalue weighted by Gasteiger charge is -2.17. The molecule has 2 aromatic rings. The number of benzene rings is 1. The van der Waals surface area contributed by atoms with Gasteiger partial charge in [0.25, 0.3) is 0 Å². The molecule has 2 heterocycles. The molecule has 1 aliphatic rings. The highest BCUT2D eigenvalue weighted by Gasteiger charge is 2.32. The normalized spacial score (nSPS) is 17.9. The summed E-state index contributed by atoms with van der Waals surface area (Å²) in [5.41, 5.74) is 4.05. The van der Waals surface area contributed by atoms with Crippen LogP contribution in [0.4, 0.5) is 0 Å². The Morgan fingerprint density at radius 3 is 2.79 bits per heavy atom. The van der Waals surface area contributed by atoms with Gasteiger partial charge in [-0.3, -0.25) is 0 Å². The van der Waals surface area contributed by atoms with Gasteiger partial charge in [-0.15, -0.1) is 11.3 Å². The van der Waals surface area contributed by atoms with Gasteiger partial charge in [-0.1, -0.05) is 35.8 Å². The largest absolute Gasteiger partial charge is 0.492 e. The lowest BCUT2D eigenvalue weighted by Crippen LogP contribution is -2.18. The van der Waals surface area contributed by atoms with Gasteiger partial charge in [0.05, 0.1) is 14.3 Å². The molecule has 0 spiro atoms. The average molecular weight is 449 g/mol. The van der Waals surface area contributed by atoms with Crippen molar-refractivity contribution >= 4 is 49.9 Å². The number of fused-ring (bicyclic) bond motifs is 1. The number of thiophene rings is 1. The van der Waals surface area contributed by atoms with E-state index in [-0.39, 0.29) is 10.2 Å². The SMILES string of the molecule is CC1(C)COc2ccc(C(Br)c3csc(I)c3)cc21. The molecule has 0 bridgehead atoms. The molecule has 1 aromatic heterocycles. The van der Waals surface area contributed by atoms with Crippen LogP contribution in [0.15, 0.2) is 29.6 Å². The van der Waals surface area contributed by atoms with Crippen molar-refractivity contribution in [2.24, 2.45) is 0 Å². The van der Waals surface area contributed by atoms with Crippen LogP contribution in [-0.4, -0.2) is 6.61 Å². The Bertz CT molecular complexity index is 620. The van der Waals surface area contributed by atoms with Crippen molar-refractivity contribution in [2.75, 3.05) is 6.61 Å². The standard InChI is InChI=1S/C15H14BrIOS/c1-15(2)8-18-12-4-3-9(5-11(12)15)14(16)10-6-13(17)19-7-10/h3-7,14H,8H2,1-2H3. The summed E-state index contributed by atoms with van der Waals surface area (Å²) in [4.78, 5) is 0.258. The minimum Gasteiger partial charge on any atom is -0.492 e. The van der Waals surface area contributed by atoms with E-state index in [1.165, 1.54) is 19.6 Å². The molecular formula is C15H14BrIOS. The monoisotopic (exact) mass is 448 g/mol. The number of hydrogen-bond donors (Lipinski definition) is 0. The highest BCUT2D eigenvalue weighted by atomic mass is 127. The number of halogens is 2. The maximum atomic E-state index is 5.74. The van der Waals surface area contributed by atoms with Gasteiger partial charge in [0, 0.05) is 11.0 Å². The molecule has 1 aliphatic heterocycles. The van der Waals surface area contributed by atoms with Gasteiger partial charge in [0.1, 0.15) is 5.75 Å². The molecule has 3 rings (SSSR count). The molecule has 0 aliphatic carbocycles. The molecular weight excluding hydrogens is 435 g/mol. The molecule has 0 amide bonds. The average Bonchev–Trinajstić information content (AvgIpc) is 2.93. The molecule has 0 saturated heterocycles. The van der Waals surface area contributed by atoms with Crippen molar-refractivity contribution in [1.82, 2.24) is 0 Å². The maximum absolute atomic E-state index is 5.74. The van der Waals surface area contributed by atoms with Gasteiger partial charge in [-0.05, 0) is 57.3 Å². The van der Waals surface area contributed by atoms with E-state index in [4.69, 9.17) is 4.74 Å². The number of rotatable bonds is 2. The molecule has 1 atom stereocenters. The molecule has 1 unspecified atom stereocenters. The van der Waals surface area contributed by atoms with E-state index in [0.717, 1.165) is 12.4 Å². The van der Waals surface area contributed by atoms with E-state index in [1.54, 1.807) is 11.3 Å². The first kappa shape index (κ1) is 13.9. The van der Waals surface area contributed by atoms with Crippen molar-refractivity contribution in [3.63, 3.8) is 0 Å². The first-order valence-electron chi connectivity index (χ1n) is 6.12. The van der Waals surface area contributed by atoms with Gasteiger partial charge >= 0.3 is 0 Å². The Labute approximate surface area is 139 Å². The Hall–Kier alpha value is -0.0700. The highest BCUT2D eigenvalue weighted by Crippen LogP contribution is 2.42. The second-order valence-electron chi connectivity index (χ2n) is 5.47. The molecule has 19 heavy (non-hydrogen) atoms. The van der Waals surface area contributed by atoms with Crippen LogP contribution in [0.1, 0.15) is 35.4 Å². The summed E-state index contributed by atoms with van der Waals surface area (Å²) >= 11 is 7.97. The van der Waals surface area contributed by atoms with Gasteiger partial charge in [0.15, 0.2) is 0 Å². The molecule has 0 saturated carbocycles. The van der Waals surface area contributed by atoms with Crippen LogP contribution in [0.25, 0.3) is 0 Å². The molecule has 0 radical (unpaired) electrons. The fourth-order valence-corrected chi connectivity index (χ4v) is 4.47. The van der Waals surface area contributed by atoms with Crippen molar-refractivity contribution in [3.05, 3.63) is 49.2 Å². The zero-order chi connectivity index (χ0) is 13.6. The first-order valence-corrected chi connectivity index (χ1v) is 9.00. The topological polar surface area (TPSA) is 9.23 Å². The zero-order valence-electron chi connectivity index (χ0n) is 10.7. The summed E-state index contributed by atoms with van der Waals surface area (Å²) in [5.74, 6) is 1.04. The zero-order valence-corrected chi connectivity index (χ0v) is 15.3. The Balaban J connectivity index is 1.99. The van der Waals surface area contributed by atoms with Gasteiger partial charge < -0.3 is 4.74 Å². The molecule has 4 heteroatoms. The quantitative estimate of drug-likeness (QED) is 0.435. The van der Waals surface area contributed by atoms with E-state index in [2.05, 4.69) is 82.0 Å². The minimum atomic E-state index is 0.112. The number of ether oxygens (including phenoxy) is 1. The van der Waals surface area contributed by atoms with Crippen molar-refractivity contribution < 1.29 is 4.74 Å². The third kappa shape index (κ3) is 2.59. The van der Waals surface area contributed by atoms with Crippen LogP contribution in [0.2, 0.25) is 0 Å². The van der Waals surface area contributed by atoms with Crippen molar-refractivity contribution in [3.8, 4) is 5.75 Å².